The first kappa shape index (κ1) is 14.0. The zero-order chi connectivity index (χ0) is 13.2. The van der Waals surface area contributed by atoms with E-state index in [4.69, 9.17) is 9.84 Å². The number of ether oxygens (including phenoxy) is 1. The Morgan fingerprint density at radius 2 is 2.00 bits per heavy atom. The minimum absolute atomic E-state index is 0.0728. The Morgan fingerprint density at radius 3 is 2.35 bits per heavy atom. The molecule has 17 heavy (non-hydrogen) atoms. The zero-order valence-corrected chi connectivity index (χ0v) is 10.8. The van der Waals surface area contributed by atoms with E-state index in [2.05, 4.69) is 5.32 Å². The summed E-state index contributed by atoms with van der Waals surface area (Å²) in [6.07, 6.45) is 0.728. The van der Waals surface area contributed by atoms with E-state index in [1.807, 2.05) is 6.92 Å². The Morgan fingerprint density at radius 1 is 1.41 bits per heavy atom. The lowest BCUT2D eigenvalue weighted by Crippen LogP contribution is -2.50. The van der Waals surface area contributed by atoms with Crippen molar-refractivity contribution in [2.24, 2.45) is 11.3 Å². The van der Waals surface area contributed by atoms with Gasteiger partial charge in [-0.2, -0.15) is 0 Å². The van der Waals surface area contributed by atoms with Gasteiger partial charge < -0.3 is 15.2 Å². The van der Waals surface area contributed by atoms with Crippen LogP contribution in [0.2, 0.25) is 0 Å². The fourth-order valence-electron chi connectivity index (χ4n) is 1.91. The molecule has 2 unspecified atom stereocenters. The lowest BCUT2D eigenvalue weighted by molar-refractivity contribution is -0.145. The Labute approximate surface area is 102 Å². The SMILES string of the molecule is CC1CC(C(=O)N[C@H](C(=O)O)C(C)(C)C)CO1. The smallest absolute Gasteiger partial charge is 0.326 e. The molecule has 0 aromatic rings. The van der Waals surface area contributed by atoms with Crippen molar-refractivity contribution in [2.45, 2.75) is 46.3 Å². The summed E-state index contributed by atoms with van der Waals surface area (Å²) >= 11 is 0. The average Bonchev–Trinajstić information content (AvgIpc) is 2.58. The molecule has 1 amide bonds. The maximum atomic E-state index is 11.9. The lowest BCUT2D eigenvalue weighted by atomic mass is 9.86. The maximum absolute atomic E-state index is 11.9. The third kappa shape index (κ3) is 3.70. The first-order chi connectivity index (χ1) is 7.71. The van der Waals surface area contributed by atoms with Crippen molar-refractivity contribution in [3.63, 3.8) is 0 Å². The molecule has 1 heterocycles. The molecule has 0 aromatic heterocycles. The van der Waals surface area contributed by atoms with Gasteiger partial charge in [0.15, 0.2) is 0 Å². The monoisotopic (exact) mass is 243 g/mol. The molecular formula is C12H21NO4. The Hall–Kier alpha value is -1.10. The number of carboxylic acid groups (broad SMARTS) is 1. The minimum Gasteiger partial charge on any atom is -0.480 e. The Bertz CT molecular complexity index is 308. The van der Waals surface area contributed by atoms with E-state index in [-0.39, 0.29) is 17.9 Å². The van der Waals surface area contributed by atoms with Gasteiger partial charge in [0.05, 0.1) is 18.6 Å². The third-order valence-electron chi connectivity index (χ3n) is 2.97. The highest BCUT2D eigenvalue weighted by Gasteiger charge is 2.36. The van der Waals surface area contributed by atoms with Crippen LogP contribution in [0.3, 0.4) is 0 Å². The van der Waals surface area contributed by atoms with Crippen molar-refractivity contribution in [2.75, 3.05) is 6.61 Å². The molecule has 1 saturated heterocycles. The summed E-state index contributed by atoms with van der Waals surface area (Å²) in [5.74, 6) is -1.45. The van der Waals surface area contributed by atoms with Crippen molar-refractivity contribution < 1.29 is 19.4 Å². The number of carbonyl (C=O) groups excluding carboxylic acids is 1. The second-order valence-electron chi connectivity index (χ2n) is 5.72. The summed E-state index contributed by atoms with van der Waals surface area (Å²) in [5, 5.41) is 11.7. The van der Waals surface area contributed by atoms with Crippen LogP contribution in [0.25, 0.3) is 0 Å². The molecular weight excluding hydrogens is 222 g/mol. The van der Waals surface area contributed by atoms with E-state index in [1.54, 1.807) is 20.8 Å². The fraction of sp³-hybridized carbons (Fsp3) is 0.833. The molecule has 0 aliphatic carbocycles. The summed E-state index contributed by atoms with van der Waals surface area (Å²) in [4.78, 5) is 23.0. The van der Waals surface area contributed by atoms with Crippen molar-refractivity contribution in [3.05, 3.63) is 0 Å². The van der Waals surface area contributed by atoms with Gasteiger partial charge in [-0.25, -0.2) is 4.79 Å². The van der Waals surface area contributed by atoms with Gasteiger partial charge in [0.2, 0.25) is 5.91 Å². The highest BCUT2D eigenvalue weighted by molar-refractivity contribution is 5.85. The molecule has 0 aromatic carbocycles. The number of hydrogen-bond donors (Lipinski definition) is 2. The standard InChI is InChI=1S/C12H21NO4/c1-7-5-8(6-17-7)10(14)13-9(11(15)16)12(2,3)4/h7-9H,5-6H2,1-4H3,(H,13,14)(H,15,16)/t7?,8?,9-/m1/s1. The molecule has 2 N–H and O–H groups in total. The second-order valence-corrected chi connectivity index (χ2v) is 5.72. The fourth-order valence-corrected chi connectivity index (χ4v) is 1.91. The quantitative estimate of drug-likeness (QED) is 0.776. The topological polar surface area (TPSA) is 75.6 Å². The maximum Gasteiger partial charge on any atom is 0.326 e. The van der Waals surface area contributed by atoms with Gasteiger partial charge in [-0.15, -0.1) is 0 Å². The summed E-state index contributed by atoms with van der Waals surface area (Å²) in [6, 6.07) is -0.870. The van der Waals surface area contributed by atoms with Crippen LogP contribution in [0, 0.1) is 11.3 Å². The van der Waals surface area contributed by atoms with E-state index in [0.717, 1.165) is 0 Å². The van der Waals surface area contributed by atoms with Crippen molar-refractivity contribution >= 4 is 11.9 Å². The van der Waals surface area contributed by atoms with Crippen LogP contribution in [-0.2, 0) is 14.3 Å². The predicted octanol–water partition coefficient (Wildman–Crippen LogP) is 1.03. The van der Waals surface area contributed by atoms with Gasteiger partial charge in [0.25, 0.3) is 0 Å². The number of nitrogens with one attached hydrogen (secondary N) is 1. The number of aliphatic carboxylic acids is 1. The number of amides is 1. The van der Waals surface area contributed by atoms with E-state index in [9.17, 15) is 9.59 Å². The van der Waals surface area contributed by atoms with Crippen molar-refractivity contribution in [1.29, 1.82) is 0 Å². The number of carbonyl (C=O) groups is 2. The van der Waals surface area contributed by atoms with Crippen molar-refractivity contribution in [1.82, 2.24) is 5.32 Å². The van der Waals surface area contributed by atoms with Gasteiger partial charge in [0, 0.05) is 0 Å². The molecule has 0 saturated carbocycles. The molecule has 98 valence electrons. The molecule has 3 atom stereocenters. The molecule has 5 heteroatoms. The van der Waals surface area contributed by atoms with Crippen LogP contribution in [0.5, 0.6) is 0 Å². The summed E-state index contributed by atoms with van der Waals surface area (Å²) < 4.78 is 5.31. The van der Waals surface area contributed by atoms with Crippen LogP contribution in [0.15, 0.2) is 0 Å². The van der Waals surface area contributed by atoms with Gasteiger partial charge in [-0.3, -0.25) is 4.79 Å². The molecule has 1 fully saturated rings. The van der Waals surface area contributed by atoms with E-state index in [1.165, 1.54) is 0 Å². The summed E-state index contributed by atoms with van der Waals surface area (Å²) in [6.45, 7) is 7.66. The van der Waals surface area contributed by atoms with Gasteiger partial charge in [-0.1, -0.05) is 20.8 Å². The minimum atomic E-state index is -1.00. The molecule has 1 aliphatic heterocycles. The van der Waals surface area contributed by atoms with Crippen LogP contribution in [0.4, 0.5) is 0 Å². The van der Waals surface area contributed by atoms with Crippen LogP contribution < -0.4 is 5.32 Å². The molecule has 1 rings (SSSR count). The van der Waals surface area contributed by atoms with E-state index >= 15 is 0 Å². The van der Waals surface area contributed by atoms with Gasteiger partial charge in [-0.05, 0) is 18.8 Å². The number of rotatable bonds is 3. The number of carboxylic acids is 1. The molecule has 0 spiro atoms. The third-order valence-corrected chi connectivity index (χ3v) is 2.97. The molecule has 1 aliphatic rings. The van der Waals surface area contributed by atoms with E-state index in [0.29, 0.717) is 13.0 Å². The molecule has 0 radical (unpaired) electrons. The van der Waals surface area contributed by atoms with Crippen LogP contribution in [-0.4, -0.2) is 35.7 Å². The van der Waals surface area contributed by atoms with Gasteiger partial charge >= 0.3 is 5.97 Å². The molecule has 5 nitrogen and oxygen atoms in total. The highest BCUT2D eigenvalue weighted by Crippen LogP contribution is 2.23. The predicted molar refractivity (Wildman–Crippen MR) is 62.5 cm³/mol. The van der Waals surface area contributed by atoms with E-state index < -0.39 is 17.4 Å². The number of hydrogen-bond acceptors (Lipinski definition) is 3. The first-order valence-electron chi connectivity index (χ1n) is 5.86. The normalized spacial score (nSPS) is 26.6. The van der Waals surface area contributed by atoms with Crippen LogP contribution in [0.1, 0.15) is 34.1 Å². The Kier molecular flexibility index (Phi) is 4.14. The Balaban J connectivity index is 2.62. The first-order valence-corrected chi connectivity index (χ1v) is 5.86. The van der Waals surface area contributed by atoms with Crippen molar-refractivity contribution in [3.8, 4) is 0 Å². The summed E-state index contributed by atoms with van der Waals surface area (Å²) in [5.41, 5.74) is -0.507. The zero-order valence-electron chi connectivity index (χ0n) is 10.8. The van der Waals surface area contributed by atoms with Crippen LogP contribution >= 0.6 is 0 Å². The second kappa shape index (κ2) is 5.04. The average molecular weight is 243 g/mol. The largest absolute Gasteiger partial charge is 0.480 e. The molecule has 0 bridgehead atoms. The van der Waals surface area contributed by atoms with Gasteiger partial charge in [0.1, 0.15) is 6.04 Å². The summed E-state index contributed by atoms with van der Waals surface area (Å²) in [7, 11) is 0. The highest BCUT2D eigenvalue weighted by atomic mass is 16.5. The lowest BCUT2D eigenvalue weighted by Gasteiger charge is -2.28.